The number of carbonyl (C=O) groups excluding carboxylic acids is 1. The van der Waals surface area contributed by atoms with Crippen LogP contribution in [0, 0.1) is 0 Å². The highest BCUT2D eigenvalue weighted by Crippen LogP contribution is 2.30. The summed E-state index contributed by atoms with van der Waals surface area (Å²) in [5, 5.41) is 1.26. The third kappa shape index (κ3) is 1.47. The van der Waals surface area contributed by atoms with Gasteiger partial charge in [0.1, 0.15) is 0 Å². The molecule has 0 saturated carbocycles. The molecule has 1 aliphatic heterocycles. The van der Waals surface area contributed by atoms with E-state index >= 15 is 0 Å². The first-order chi connectivity index (χ1) is 8.83. The number of amides is 1. The number of H-pyrrole nitrogens is 1. The van der Waals surface area contributed by atoms with Crippen molar-refractivity contribution in [3.8, 4) is 0 Å². The molecule has 2 heterocycles. The standard InChI is InChI=1S/C15H16N2O/c18-15(17-7-8-17)10-5-6-14-12(9-10)11-3-1-2-4-13(11)16-14/h5-6,9,16H,1-4,7-8H2. The van der Waals surface area contributed by atoms with E-state index in [2.05, 4.69) is 17.1 Å². The van der Waals surface area contributed by atoms with Crippen molar-refractivity contribution in [3.63, 3.8) is 0 Å². The maximum Gasteiger partial charge on any atom is 0.253 e. The van der Waals surface area contributed by atoms with Crippen LogP contribution >= 0.6 is 0 Å². The summed E-state index contributed by atoms with van der Waals surface area (Å²) in [4.78, 5) is 17.4. The molecule has 3 heteroatoms. The number of nitrogens with zero attached hydrogens (tertiary/aromatic N) is 1. The van der Waals surface area contributed by atoms with Gasteiger partial charge in [0.05, 0.1) is 0 Å². The molecule has 0 radical (unpaired) electrons. The van der Waals surface area contributed by atoms with E-state index in [9.17, 15) is 4.79 Å². The quantitative estimate of drug-likeness (QED) is 0.764. The van der Waals surface area contributed by atoms with Crippen molar-refractivity contribution < 1.29 is 4.79 Å². The Morgan fingerprint density at radius 1 is 1.17 bits per heavy atom. The molecule has 0 unspecified atom stereocenters. The lowest BCUT2D eigenvalue weighted by molar-refractivity contribution is 0.0885. The van der Waals surface area contributed by atoms with Crippen LogP contribution in [0.15, 0.2) is 18.2 Å². The van der Waals surface area contributed by atoms with E-state index in [0.717, 1.165) is 31.5 Å². The maximum absolute atomic E-state index is 12.1. The van der Waals surface area contributed by atoms with Crippen molar-refractivity contribution in [1.29, 1.82) is 0 Å². The lowest BCUT2D eigenvalue weighted by Crippen LogP contribution is -2.10. The van der Waals surface area contributed by atoms with Gasteiger partial charge in [0.2, 0.25) is 0 Å². The van der Waals surface area contributed by atoms with Crippen LogP contribution in [-0.4, -0.2) is 28.9 Å². The molecule has 0 atom stereocenters. The number of nitrogens with one attached hydrogen (secondary N) is 1. The Kier molecular flexibility index (Phi) is 2.04. The molecule has 0 spiro atoms. The van der Waals surface area contributed by atoms with Gasteiger partial charge in [0.15, 0.2) is 0 Å². The van der Waals surface area contributed by atoms with E-state index in [4.69, 9.17) is 0 Å². The predicted molar refractivity (Wildman–Crippen MR) is 70.8 cm³/mol. The van der Waals surface area contributed by atoms with Gasteiger partial charge in [-0.3, -0.25) is 4.79 Å². The fourth-order valence-corrected chi connectivity index (χ4v) is 2.97. The first kappa shape index (κ1) is 10.2. The second kappa shape index (κ2) is 3.61. The number of aromatic amines is 1. The number of rotatable bonds is 1. The summed E-state index contributed by atoms with van der Waals surface area (Å²) < 4.78 is 0. The van der Waals surface area contributed by atoms with Crippen molar-refractivity contribution >= 4 is 16.8 Å². The van der Waals surface area contributed by atoms with E-state index in [0.29, 0.717) is 0 Å². The number of hydrogen-bond donors (Lipinski definition) is 1. The summed E-state index contributed by atoms with van der Waals surface area (Å²) in [6, 6.07) is 6.09. The summed E-state index contributed by atoms with van der Waals surface area (Å²) in [6.45, 7) is 1.84. The first-order valence-electron chi connectivity index (χ1n) is 6.76. The third-order valence-electron chi connectivity index (χ3n) is 4.08. The van der Waals surface area contributed by atoms with Crippen LogP contribution in [0.5, 0.6) is 0 Å². The number of aryl methyl sites for hydroxylation is 2. The van der Waals surface area contributed by atoms with E-state index in [1.807, 2.05) is 11.0 Å². The molecule has 92 valence electrons. The van der Waals surface area contributed by atoms with E-state index < -0.39 is 0 Å². The van der Waals surface area contributed by atoms with Gasteiger partial charge in [-0.2, -0.15) is 0 Å². The molecule has 18 heavy (non-hydrogen) atoms. The van der Waals surface area contributed by atoms with Gasteiger partial charge in [-0.05, 0) is 49.4 Å². The molecule has 0 bridgehead atoms. The molecule has 2 aromatic rings. The molecular weight excluding hydrogens is 224 g/mol. The number of hydrogen-bond acceptors (Lipinski definition) is 1. The van der Waals surface area contributed by atoms with Crippen LogP contribution in [0.4, 0.5) is 0 Å². The fraction of sp³-hybridized carbons (Fsp3) is 0.400. The van der Waals surface area contributed by atoms with Gasteiger partial charge < -0.3 is 9.88 Å². The Morgan fingerprint density at radius 2 is 2.00 bits per heavy atom. The average molecular weight is 240 g/mol. The Balaban J connectivity index is 1.85. The summed E-state index contributed by atoms with van der Waals surface area (Å²) in [6.07, 6.45) is 4.85. The van der Waals surface area contributed by atoms with Crippen molar-refractivity contribution in [2.75, 3.05) is 13.1 Å². The van der Waals surface area contributed by atoms with Crippen LogP contribution in [0.1, 0.15) is 34.5 Å². The molecule has 1 fully saturated rings. The van der Waals surface area contributed by atoms with Crippen LogP contribution < -0.4 is 0 Å². The molecule has 1 amide bonds. The second-order valence-electron chi connectivity index (χ2n) is 5.34. The lowest BCUT2D eigenvalue weighted by Gasteiger charge is -2.10. The van der Waals surface area contributed by atoms with Crippen molar-refractivity contribution in [2.24, 2.45) is 0 Å². The van der Waals surface area contributed by atoms with Gasteiger partial charge in [-0.25, -0.2) is 0 Å². The molecular formula is C15H16N2O. The number of carbonyl (C=O) groups is 1. The van der Waals surface area contributed by atoms with Crippen LogP contribution in [0.3, 0.4) is 0 Å². The van der Waals surface area contributed by atoms with Gasteiger partial charge >= 0.3 is 0 Å². The summed E-state index contributed by atoms with van der Waals surface area (Å²) in [5.41, 5.74) is 4.85. The number of aromatic nitrogens is 1. The molecule has 4 rings (SSSR count). The van der Waals surface area contributed by atoms with Gasteiger partial charge in [-0.1, -0.05) is 0 Å². The summed E-state index contributed by atoms with van der Waals surface area (Å²) in [7, 11) is 0. The molecule has 1 N–H and O–H groups in total. The zero-order chi connectivity index (χ0) is 12.1. The van der Waals surface area contributed by atoms with Gasteiger partial charge in [0, 0.05) is 35.2 Å². The minimum absolute atomic E-state index is 0.183. The highest BCUT2D eigenvalue weighted by Gasteiger charge is 2.26. The predicted octanol–water partition coefficient (Wildman–Crippen LogP) is 2.50. The number of benzene rings is 1. The fourth-order valence-electron chi connectivity index (χ4n) is 2.97. The largest absolute Gasteiger partial charge is 0.358 e. The van der Waals surface area contributed by atoms with Gasteiger partial charge in [0.25, 0.3) is 5.91 Å². The van der Waals surface area contributed by atoms with E-state index in [1.54, 1.807) is 0 Å². The molecule has 3 nitrogen and oxygen atoms in total. The summed E-state index contributed by atoms with van der Waals surface area (Å²) in [5.74, 6) is 0.183. The average Bonchev–Trinajstić information content (AvgIpc) is 3.18. The Morgan fingerprint density at radius 3 is 2.83 bits per heavy atom. The molecule has 1 aromatic carbocycles. The van der Waals surface area contributed by atoms with Crippen molar-refractivity contribution in [3.05, 3.63) is 35.0 Å². The highest BCUT2D eigenvalue weighted by molar-refractivity contribution is 6.00. The van der Waals surface area contributed by atoms with E-state index in [-0.39, 0.29) is 5.91 Å². The minimum atomic E-state index is 0.183. The topological polar surface area (TPSA) is 35.9 Å². The van der Waals surface area contributed by atoms with Gasteiger partial charge in [-0.15, -0.1) is 0 Å². The first-order valence-corrected chi connectivity index (χ1v) is 6.76. The summed E-state index contributed by atoms with van der Waals surface area (Å²) >= 11 is 0. The maximum atomic E-state index is 12.1. The second-order valence-corrected chi connectivity index (χ2v) is 5.34. The Bertz CT molecular complexity index is 637. The van der Waals surface area contributed by atoms with Crippen LogP contribution in [0.25, 0.3) is 10.9 Å². The molecule has 1 saturated heterocycles. The third-order valence-corrected chi connectivity index (χ3v) is 4.08. The lowest BCUT2D eigenvalue weighted by atomic mass is 9.95. The monoisotopic (exact) mass is 240 g/mol. The van der Waals surface area contributed by atoms with Crippen LogP contribution in [0.2, 0.25) is 0 Å². The molecule has 2 aliphatic rings. The van der Waals surface area contributed by atoms with E-state index in [1.165, 1.54) is 35.0 Å². The minimum Gasteiger partial charge on any atom is -0.358 e. The van der Waals surface area contributed by atoms with Crippen molar-refractivity contribution in [1.82, 2.24) is 9.88 Å². The highest BCUT2D eigenvalue weighted by atomic mass is 16.2. The number of fused-ring (bicyclic) bond motifs is 3. The Labute approximate surface area is 106 Å². The molecule has 1 aliphatic carbocycles. The normalized spacial score (nSPS) is 17.9. The smallest absolute Gasteiger partial charge is 0.253 e. The SMILES string of the molecule is O=C(c1ccc2[nH]c3c(c2c1)CCCC3)N1CC1. The zero-order valence-electron chi connectivity index (χ0n) is 10.3. The Hall–Kier alpha value is -1.77. The molecule has 1 aromatic heterocycles. The zero-order valence-corrected chi connectivity index (χ0v) is 10.3. The van der Waals surface area contributed by atoms with Crippen LogP contribution in [-0.2, 0) is 12.8 Å². The van der Waals surface area contributed by atoms with Crippen molar-refractivity contribution in [2.45, 2.75) is 25.7 Å².